The van der Waals surface area contributed by atoms with Gasteiger partial charge < -0.3 is 5.11 Å². The zero-order valence-corrected chi connectivity index (χ0v) is 9.84. The van der Waals surface area contributed by atoms with Crippen LogP contribution in [0, 0.1) is 22.2 Å². The second-order valence-electron chi connectivity index (χ2n) is 6.27. The zero-order valence-electron chi connectivity index (χ0n) is 9.84. The van der Waals surface area contributed by atoms with Gasteiger partial charge in [-0.15, -0.1) is 0 Å². The maximum Gasteiger partial charge on any atom is 0.0860 e. The molecule has 1 unspecified atom stereocenters. The Kier molecular flexibility index (Phi) is 2.35. The number of nitriles is 1. The summed E-state index contributed by atoms with van der Waals surface area (Å²) in [4.78, 5) is 0. The summed E-state index contributed by atoms with van der Waals surface area (Å²) >= 11 is 0. The maximum absolute atomic E-state index is 10.8. The van der Waals surface area contributed by atoms with Crippen molar-refractivity contribution in [2.75, 3.05) is 0 Å². The van der Waals surface area contributed by atoms with Crippen molar-refractivity contribution in [3.63, 3.8) is 0 Å². The van der Waals surface area contributed by atoms with E-state index >= 15 is 0 Å². The number of hydrogen-bond donors (Lipinski definition) is 1. The lowest BCUT2D eigenvalue weighted by atomic mass is 9.52. The molecule has 15 heavy (non-hydrogen) atoms. The van der Waals surface area contributed by atoms with Crippen LogP contribution in [0.25, 0.3) is 0 Å². The SMILES string of the molecule is CC1(C)CCCC(O)(C2(C#N)CCC2)C1. The van der Waals surface area contributed by atoms with Crippen molar-refractivity contribution in [3.05, 3.63) is 0 Å². The van der Waals surface area contributed by atoms with Crippen LogP contribution < -0.4 is 0 Å². The Labute approximate surface area is 92.3 Å². The summed E-state index contributed by atoms with van der Waals surface area (Å²) in [7, 11) is 0. The van der Waals surface area contributed by atoms with Crippen LogP contribution in [0.15, 0.2) is 0 Å². The van der Waals surface area contributed by atoms with Crippen LogP contribution in [0.3, 0.4) is 0 Å². The average molecular weight is 207 g/mol. The van der Waals surface area contributed by atoms with Gasteiger partial charge in [-0.2, -0.15) is 5.26 Å². The Morgan fingerprint density at radius 3 is 2.07 bits per heavy atom. The lowest BCUT2D eigenvalue weighted by Gasteiger charge is -2.53. The maximum atomic E-state index is 10.8. The van der Waals surface area contributed by atoms with Crippen LogP contribution in [0.4, 0.5) is 0 Å². The summed E-state index contributed by atoms with van der Waals surface area (Å²) in [5.41, 5.74) is -0.918. The van der Waals surface area contributed by atoms with Crippen molar-refractivity contribution < 1.29 is 5.11 Å². The highest BCUT2D eigenvalue weighted by atomic mass is 16.3. The number of aliphatic hydroxyl groups is 1. The van der Waals surface area contributed by atoms with Crippen LogP contribution in [-0.4, -0.2) is 10.7 Å². The molecule has 1 atom stereocenters. The van der Waals surface area contributed by atoms with Gasteiger partial charge in [0, 0.05) is 0 Å². The molecule has 0 spiro atoms. The number of rotatable bonds is 1. The summed E-state index contributed by atoms with van der Waals surface area (Å²) in [6, 6.07) is 2.41. The number of nitrogens with zero attached hydrogens (tertiary/aromatic N) is 1. The quantitative estimate of drug-likeness (QED) is 0.718. The third-order valence-corrected chi connectivity index (χ3v) is 4.53. The summed E-state index contributed by atoms with van der Waals surface area (Å²) in [6.45, 7) is 4.42. The minimum absolute atomic E-state index is 0.201. The molecule has 2 fully saturated rings. The highest BCUT2D eigenvalue weighted by Gasteiger charge is 2.57. The molecule has 0 aromatic rings. The molecular formula is C13H21NO. The van der Waals surface area contributed by atoms with E-state index in [9.17, 15) is 10.4 Å². The Morgan fingerprint density at radius 2 is 1.67 bits per heavy atom. The Morgan fingerprint density at radius 1 is 1.07 bits per heavy atom. The highest BCUT2D eigenvalue weighted by molar-refractivity contribution is 5.17. The first-order valence-corrected chi connectivity index (χ1v) is 6.07. The van der Waals surface area contributed by atoms with Gasteiger partial charge in [-0.1, -0.05) is 26.7 Å². The minimum Gasteiger partial charge on any atom is -0.388 e. The van der Waals surface area contributed by atoms with E-state index in [2.05, 4.69) is 19.9 Å². The third-order valence-electron chi connectivity index (χ3n) is 4.53. The monoisotopic (exact) mass is 207 g/mol. The van der Waals surface area contributed by atoms with E-state index in [-0.39, 0.29) is 5.41 Å². The third kappa shape index (κ3) is 1.58. The first-order valence-electron chi connectivity index (χ1n) is 6.07. The second kappa shape index (κ2) is 3.22. The lowest BCUT2D eigenvalue weighted by molar-refractivity contribution is -0.140. The predicted molar refractivity (Wildman–Crippen MR) is 59.1 cm³/mol. The highest BCUT2D eigenvalue weighted by Crippen LogP contribution is 2.57. The summed E-state index contributed by atoms with van der Waals surface area (Å²) < 4.78 is 0. The van der Waals surface area contributed by atoms with Crippen LogP contribution >= 0.6 is 0 Å². The van der Waals surface area contributed by atoms with Crippen molar-refractivity contribution >= 4 is 0 Å². The Balaban J connectivity index is 2.22. The molecule has 0 amide bonds. The van der Waals surface area contributed by atoms with E-state index in [1.165, 1.54) is 6.42 Å². The van der Waals surface area contributed by atoms with E-state index < -0.39 is 11.0 Å². The van der Waals surface area contributed by atoms with Crippen LogP contribution in [0.1, 0.15) is 58.8 Å². The largest absolute Gasteiger partial charge is 0.388 e. The fraction of sp³-hybridized carbons (Fsp3) is 0.923. The van der Waals surface area contributed by atoms with Crippen LogP contribution in [-0.2, 0) is 0 Å². The van der Waals surface area contributed by atoms with Gasteiger partial charge in [-0.3, -0.25) is 0 Å². The Hall–Kier alpha value is -0.550. The standard InChI is InChI=1S/C13H21NO/c1-11(2)5-3-8-13(15,9-11)12(10-14)6-4-7-12/h15H,3-9H2,1-2H3. The molecule has 84 valence electrons. The van der Waals surface area contributed by atoms with Gasteiger partial charge in [0.15, 0.2) is 0 Å². The normalized spacial score (nSPS) is 37.7. The molecule has 0 radical (unpaired) electrons. The molecular weight excluding hydrogens is 186 g/mol. The summed E-state index contributed by atoms with van der Waals surface area (Å²) in [5.74, 6) is 0. The van der Waals surface area contributed by atoms with Crippen molar-refractivity contribution in [2.24, 2.45) is 10.8 Å². The van der Waals surface area contributed by atoms with Gasteiger partial charge in [0.2, 0.25) is 0 Å². The van der Waals surface area contributed by atoms with Gasteiger partial charge in [-0.25, -0.2) is 0 Å². The van der Waals surface area contributed by atoms with Crippen LogP contribution in [0.5, 0.6) is 0 Å². The molecule has 0 aromatic carbocycles. The summed E-state index contributed by atoms with van der Waals surface area (Å²) in [5, 5.41) is 20.1. The van der Waals surface area contributed by atoms with Gasteiger partial charge in [0.05, 0.1) is 17.1 Å². The topological polar surface area (TPSA) is 44.0 Å². The van der Waals surface area contributed by atoms with Gasteiger partial charge in [-0.05, 0) is 37.5 Å². The number of hydrogen-bond acceptors (Lipinski definition) is 2. The molecule has 0 heterocycles. The predicted octanol–water partition coefficient (Wildman–Crippen LogP) is 3.01. The molecule has 2 rings (SSSR count). The fourth-order valence-electron chi connectivity index (χ4n) is 3.45. The zero-order chi connectivity index (χ0) is 11.2. The van der Waals surface area contributed by atoms with Crippen molar-refractivity contribution in [1.82, 2.24) is 0 Å². The molecule has 2 saturated carbocycles. The van der Waals surface area contributed by atoms with E-state index in [1.807, 2.05) is 0 Å². The molecule has 0 aliphatic heterocycles. The second-order valence-corrected chi connectivity index (χ2v) is 6.27. The lowest BCUT2D eigenvalue weighted by Crippen LogP contribution is -2.55. The van der Waals surface area contributed by atoms with Gasteiger partial charge in [0.25, 0.3) is 0 Å². The fourth-order valence-corrected chi connectivity index (χ4v) is 3.45. The van der Waals surface area contributed by atoms with E-state index in [0.717, 1.165) is 38.5 Å². The van der Waals surface area contributed by atoms with Crippen molar-refractivity contribution in [2.45, 2.75) is 64.4 Å². The molecule has 2 heteroatoms. The molecule has 2 aliphatic carbocycles. The minimum atomic E-state index is -0.707. The van der Waals surface area contributed by atoms with E-state index in [4.69, 9.17) is 0 Å². The van der Waals surface area contributed by atoms with Crippen molar-refractivity contribution in [3.8, 4) is 6.07 Å². The molecule has 2 nitrogen and oxygen atoms in total. The van der Waals surface area contributed by atoms with Crippen LogP contribution in [0.2, 0.25) is 0 Å². The molecule has 0 aromatic heterocycles. The molecule has 0 saturated heterocycles. The average Bonchev–Trinajstić information content (AvgIpc) is 1.99. The van der Waals surface area contributed by atoms with Crippen molar-refractivity contribution in [1.29, 1.82) is 5.26 Å². The molecule has 2 aliphatic rings. The summed E-state index contributed by atoms with van der Waals surface area (Å²) in [6.07, 6.45) is 6.77. The first-order chi connectivity index (χ1) is 6.93. The van der Waals surface area contributed by atoms with E-state index in [0.29, 0.717) is 0 Å². The smallest absolute Gasteiger partial charge is 0.0860 e. The Bertz CT molecular complexity index is 298. The van der Waals surface area contributed by atoms with Gasteiger partial charge >= 0.3 is 0 Å². The van der Waals surface area contributed by atoms with Gasteiger partial charge in [0.1, 0.15) is 0 Å². The first kappa shape index (κ1) is 11.0. The molecule has 1 N–H and O–H groups in total. The van der Waals surface area contributed by atoms with E-state index in [1.54, 1.807) is 0 Å². The molecule has 0 bridgehead atoms.